The van der Waals surface area contributed by atoms with Crippen molar-refractivity contribution in [2.24, 2.45) is 0 Å². The molecule has 0 fully saturated rings. The Morgan fingerprint density at radius 3 is 1.40 bits per heavy atom. The standard InChI is InChI=1S/C24H18Br2Cl2O2/c1-3-29-21-11-19(25)17-9-13(27)5-7-15(17)23(21)24-16-8-6-14(28)10-18(16)20(26)12-22(24)30-4-2/h5-12H,3-4H2,1-2H3. The summed E-state index contributed by atoms with van der Waals surface area (Å²) in [7, 11) is 0. The number of ether oxygens (including phenoxy) is 2. The van der Waals surface area contributed by atoms with E-state index in [4.69, 9.17) is 32.7 Å². The van der Waals surface area contributed by atoms with Crippen molar-refractivity contribution < 1.29 is 9.47 Å². The molecule has 4 aromatic rings. The lowest BCUT2D eigenvalue weighted by molar-refractivity contribution is 0.337. The first-order chi connectivity index (χ1) is 14.4. The molecule has 154 valence electrons. The van der Waals surface area contributed by atoms with Gasteiger partial charge in [-0.3, -0.25) is 0 Å². The molecule has 0 saturated heterocycles. The molecular formula is C24H18Br2Cl2O2. The largest absolute Gasteiger partial charge is 0.493 e. The van der Waals surface area contributed by atoms with Crippen LogP contribution < -0.4 is 9.47 Å². The van der Waals surface area contributed by atoms with Gasteiger partial charge in [0.05, 0.1) is 13.2 Å². The van der Waals surface area contributed by atoms with Crippen LogP contribution >= 0.6 is 55.1 Å². The molecule has 0 radical (unpaired) electrons. The van der Waals surface area contributed by atoms with Crippen molar-refractivity contribution in [3.8, 4) is 22.6 Å². The second-order valence-corrected chi connectivity index (χ2v) is 9.29. The van der Waals surface area contributed by atoms with Gasteiger partial charge in [-0.2, -0.15) is 0 Å². The third-order valence-corrected chi connectivity index (χ3v) is 6.66. The SMILES string of the molecule is CCOc1cc(Br)c2cc(Cl)ccc2c1-c1c(OCC)cc(Br)c2cc(Cl)ccc12. The van der Waals surface area contributed by atoms with Gasteiger partial charge in [-0.25, -0.2) is 0 Å². The molecule has 30 heavy (non-hydrogen) atoms. The van der Waals surface area contributed by atoms with Crippen LogP contribution in [0.2, 0.25) is 10.0 Å². The van der Waals surface area contributed by atoms with E-state index >= 15 is 0 Å². The number of hydrogen-bond donors (Lipinski definition) is 0. The zero-order valence-corrected chi connectivity index (χ0v) is 21.0. The van der Waals surface area contributed by atoms with Crippen LogP contribution in [0.3, 0.4) is 0 Å². The topological polar surface area (TPSA) is 18.5 Å². The number of hydrogen-bond acceptors (Lipinski definition) is 2. The van der Waals surface area contributed by atoms with Crippen LogP contribution in [0, 0.1) is 0 Å². The van der Waals surface area contributed by atoms with Crippen molar-refractivity contribution in [1.82, 2.24) is 0 Å². The summed E-state index contributed by atoms with van der Waals surface area (Å²) in [4.78, 5) is 0. The molecule has 0 atom stereocenters. The predicted octanol–water partition coefficient (Wildman–Crippen LogP) is 9.29. The summed E-state index contributed by atoms with van der Waals surface area (Å²) >= 11 is 20.0. The van der Waals surface area contributed by atoms with Gasteiger partial charge in [0.25, 0.3) is 0 Å². The molecule has 2 nitrogen and oxygen atoms in total. The maximum Gasteiger partial charge on any atom is 0.129 e. The second-order valence-electron chi connectivity index (χ2n) is 6.71. The Balaban J connectivity index is 2.21. The molecule has 0 unspecified atom stereocenters. The predicted molar refractivity (Wildman–Crippen MR) is 135 cm³/mol. The van der Waals surface area contributed by atoms with Gasteiger partial charge in [-0.15, -0.1) is 0 Å². The van der Waals surface area contributed by atoms with Crippen molar-refractivity contribution in [3.05, 3.63) is 67.5 Å². The highest BCUT2D eigenvalue weighted by Gasteiger charge is 2.22. The summed E-state index contributed by atoms with van der Waals surface area (Å²) in [6, 6.07) is 15.8. The fraction of sp³-hybridized carbons (Fsp3) is 0.167. The van der Waals surface area contributed by atoms with Gasteiger partial charge in [0.1, 0.15) is 11.5 Å². The normalized spacial score (nSPS) is 11.3. The molecule has 4 rings (SSSR count). The van der Waals surface area contributed by atoms with E-state index in [2.05, 4.69) is 31.9 Å². The lowest BCUT2D eigenvalue weighted by Gasteiger charge is -2.20. The third-order valence-electron chi connectivity index (χ3n) is 4.87. The zero-order valence-electron chi connectivity index (χ0n) is 16.4. The van der Waals surface area contributed by atoms with Crippen LogP contribution in [0.25, 0.3) is 32.7 Å². The molecule has 4 aromatic carbocycles. The Labute approximate surface area is 202 Å². The Bertz CT molecular complexity index is 1170. The molecule has 6 heteroatoms. The summed E-state index contributed by atoms with van der Waals surface area (Å²) in [5.41, 5.74) is 1.94. The van der Waals surface area contributed by atoms with Gasteiger partial charge >= 0.3 is 0 Å². The van der Waals surface area contributed by atoms with Gasteiger partial charge in [0, 0.05) is 30.1 Å². The smallest absolute Gasteiger partial charge is 0.129 e. The first-order valence-electron chi connectivity index (χ1n) is 9.54. The van der Waals surface area contributed by atoms with Gasteiger partial charge in [-0.05, 0) is 71.8 Å². The number of benzene rings is 4. The Morgan fingerprint density at radius 2 is 1.03 bits per heavy atom. The summed E-state index contributed by atoms with van der Waals surface area (Å²) < 4.78 is 14.0. The molecule has 0 bridgehead atoms. The summed E-state index contributed by atoms with van der Waals surface area (Å²) in [6.07, 6.45) is 0. The van der Waals surface area contributed by atoms with E-state index in [-0.39, 0.29) is 0 Å². The molecule has 0 aliphatic heterocycles. The minimum atomic E-state index is 0.544. The first kappa shape index (κ1) is 21.8. The van der Waals surface area contributed by atoms with Crippen molar-refractivity contribution >= 4 is 76.6 Å². The van der Waals surface area contributed by atoms with E-state index in [0.29, 0.717) is 23.3 Å². The highest BCUT2D eigenvalue weighted by atomic mass is 79.9. The summed E-state index contributed by atoms with van der Waals surface area (Å²) in [5.74, 6) is 1.55. The van der Waals surface area contributed by atoms with Crippen molar-refractivity contribution in [2.75, 3.05) is 13.2 Å². The molecule has 0 aliphatic carbocycles. The van der Waals surface area contributed by atoms with Crippen LogP contribution in [-0.2, 0) is 0 Å². The average Bonchev–Trinajstić information content (AvgIpc) is 2.71. The Hall–Kier alpha value is -1.46. The maximum atomic E-state index is 6.31. The fourth-order valence-electron chi connectivity index (χ4n) is 3.71. The highest BCUT2D eigenvalue weighted by molar-refractivity contribution is 9.11. The van der Waals surface area contributed by atoms with Gasteiger partial charge in [0.2, 0.25) is 0 Å². The first-order valence-corrected chi connectivity index (χ1v) is 11.9. The quantitative estimate of drug-likeness (QED) is 0.239. The van der Waals surface area contributed by atoms with Crippen LogP contribution in [0.15, 0.2) is 57.5 Å². The van der Waals surface area contributed by atoms with E-state index < -0.39 is 0 Å². The molecule has 0 aromatic heterocycles. The van der Waals surface area contributed by atoms with Crippen molar-refractivity contribution in [2.45, 2.75) is 13.8 Å². The number of halogens is 4. The summed E-state index contributed by atoms with van der Waals surface area (Å²) in [6.45, 7) is 5.05. The van der Waals surface area contributed by atoms with E-state index in [1.807, 2.05) is 62.4 Å². The minimum absolute atomic E-state index is 0.544. The van der Waals surface area contributed by atoms with Gasteiger partial charge in [-0.1, -0.05) is 67.2 Å². The Morgan fingerprint density at radius 1 is 0.633 bits per heavy atom. The fourth-order valence-corrected chi connectivity index (χ4v) is 5.13. The van der Waals surface area contributed by atoms with Crippen LogP contribution in [0.4, 0.5) is 0 Å². The maximum absolute atomic E-state index is 6.31. The lowest BCUT2D eigenvalue weighted by atomic mass is 9.92. The number of rotatable bonds is 5. The molecule has 0 heterocycles. The van der Waals surface area contributed by atoms with Crippen LogP contribution in [0.5, 0.6) is 11.5 Å². The minimum Gasteiger partial charge on any atom is -0.493 e. The lowest BCUT2D eigenvalue weighted by Crippen LogP contribution is -2.00. The van der Waals surface area contributed by atoms with E-state index in [1.54, 1.807) is 0 Å². The van der Waals surface area contributed by atoms with Crippen molar-refractivity contribution in [3.63, 3.8) is 0 Å². The van der Waals surface area contributed by atoms with Crippen molar-refractivity contribution in [1.29, 1.82) is 0 Å². The zero-order chi connectivity index (χ0) is 21.4. The Kier molecular flexibility index (Phi) is 6.50. The molecule has 0 saturated carbocycles. The molecule has 0 amide bonds. The van der Waals surface area contributed by atoms with Gasteiger partial charge in [0.15, 0.2) is 0 Å². The van der Waals surface area contributed by atoms with E-state index in [1.165, 1.54) is 0 Å². The van der Waals surface area contributed by atoms with Crippen LogP contribution in [0.1, 0.15) is 13.8 Å². The monoisotopic (exact) mass is 566 g/mol. The third kappa shape index (κ3) is 3.91. The average molecular weight is 569 g/mol. The number of fused-ring (bicyclic) bond motifs is 2. The van der Waals surface area contributed by atoms with E-state index in [9.17, 15) is 0 Å². The summed E-state index contributed by atoms with van der Waals surface area (Å²) in [5, 5.41) is 5.42. The van der Waals surface area contributed by atoms with E-state index in [0.717, 1.165) is 53.1 Å². The molecular weight excluding hydrogens is 551 g/mol. The second kappa shape index (κ2) is 8.96. The molecule has 0 spiro atoms. The molecule has 0 aliphatic rings. The highest BCUT2D eigenvalue weighted by Crippen LogP contribution is 2.49. The van der Waals surface area contributed by atoms with Gasteiger partial charge < -0.3 is 9.47 Å². The van der Waals surface area contributed by atoms with Crippen LogP contribution in [-0.4, -0.2) is 13.2 Å². The molecule has 0 N–H and O–H groups in total.